The van der Waals surface area contributed by atoms with E-state index >= 15 is 0 Å². The summed E-state index contributed by atoms with van der Waals surface area (Å²) in [5.41, 5.74) is 6.49. The van der Waals surface area contributed by atoms with Crippen molar-refractivity contribution in [3.05, 3.63) is 35.9 Å². The van der Waals surface area contributed by atoms with Crippen molar-refractivity contribution in [3.8, 4) is 0 Å². The molecule has 0 heterocycles. The van der Waals surface area contributed by atoms with E-state index in [1.54, 1.807) is 4.90 Å². The first-order chi connectivity index (χ1) is 7.24. The van der Waals surface area contributed by atoms with Gasteiger partial charge in [0.15, 0.2) is 5.96 Å². The van der Waals surface area contributed by atoms with E-state index in [0.717, 1.165) is 5.56 Å². The van der Waals surface area contributed by atoms with Gasteiger partial charge in [-0.05, 0) is 12.0 Å². The number of nitrogens with zero attached hydrogens (tertiary/aromatic N) is 1. The van der Waals surface area contributed by atoms with Crippen LogP contribution in [0.15, 0.2) is 30.3 Å². The molecule has 0 spiro atoms. The fourth-order valence-corrected chi connectivity index (χ4v) is 1.34. The number of halogens is 1. The van der Waals surface area contributed by atoms with Gasteiger partial charge in [0.2, 0.25) is 0 Å². The maximum Gasteiger partial charge on any atom is 0.188 e. The summed E-state index contributed by atoms with van der Waals surface area (Å²) in [6.45, 7) is 0.676. The molecule has 0 fully saturated rings. The number of nitrogens with one attached hydrogen (secondary N) is 1. The molecule has 1 rings (SSSR count). The van der Waals surface area contributed by atoms with Gasteiger partial charge in [-0.25, -0.2) is 0 Å². The SMILES string of the molecule is N=C(N)N(CCCF)Cc1ccccc1. The molecule has 3 N–H and O–H groups in total. The fraction of sp³-hybridized carbons (Fsp3) is 0.364. The summed E-state index contributed by atoms with van der Waals surface area (Å²) in [4.78, 5) is 1.66. The van der Waals surface area contributed by atoms with E-state index in [-0.39, 0.29) is 12.6 Å². The van der Waals surface area contributed by atoms with Gasteiger partial charge in [0.1, 0.15) is 0 Å². The quantitative estimate of drug-likeness (QED) is 0.573. The second-order valence-electron chi connectivity index (χ2n) is 3.33. The van der Waals surface area contributed by atoms with E-state index in [9.17, 15) is 4.39 Å². The maximum absolute atomic E-state index is 12.0. The van der Waals surface area contributed by atoms with Crippen LogP contribution >= 0.6 is 0 Å². The molecule has 15 heavy (non-hydrogen) atoms. The van der Waals surface area contributed by atoms with Crippen LogP contribution in [0.3, 0.4) is 0 Å². The zero-order chi connectivity index (χ0) is 11.1. The number of guanidine groups is 1. The molecule has 4 heteroatoms. The van der Waals surface area contributed by atoms with Crippen LogP contribution < -0.4 is 5.73 Å². The molecule has 1 aromatic carbocycles. The highest BCUT2D eigenvalue weighted by molar-refractivity contribution is 5.74. The van der Waals surface area contributed by atoms with Gasteiger partial charge < -0.3 is 10.6 Å². The van der Waals surface area contributed by atoms with Gasteiger partial charge in [0, 0.05) is 13.1 Å². The summed E-state index contributed by atoms with van der Waals surface area (Å²) < 4.78 is 12.0. The van der Waals surface area contributed by atoms with Crippen molar-refractivity contribution in [2.75, 3.05) is 13.2 Å². The minimum absolute atomic E-state index is 0.00713. The molecule has 0 amide bonds. The van der Waals surface area contributed by atoms with E-state index in [1.165, 1.54) is 0 Å². The van der Waals surface area contributed by atoms with Gasteiger partial charge in [-0.15, -0.1) is 0 Å². The predicted molar refractivity (Wildman–Crippen MR) is 59.4 cm³/mol. The second-order valence-corrected chi connectivity index (χ2v) is 3.33. The van der Waals surface area contributed by atoms with Crippen LogP contribution in [0.1, 0.15) is 12.0 Å². The summed E-state index contributed by atoms with van der Waals surface area (Å²) in [6.07, 6.45) is 0.409. The third-order valence-electron chi connectivity index (χ3n) is 2.12. The number of benzene rings is 1. The Morgan fingerprint density at radius 1 is 1.33 bits per heavy atom. The van der Waals surface area contributed by atoms with Crippen molar-refractivity contribution >= 4 is 5.96 Å². The van der Waals surface area contributed by atoms with E-state index in [2.05, 4.69) is 0 Å². The topological polar surface area (TPSA) is 53.1 Å². The Balaban J connectivity index is 2.55. The first kappa shape index (κ1) is 11.5. The molecule has 0 aliphatic heterocycles. The van der Waals surface area contributed by atoms with Gasteiger partial charge >= 0.3 is 0 Å². The van der Waals surface area contributed by atoms with Crippen LogP contribution in [0, 0.1) is 5.41 Å². The van der Waals surface area contributed by atoms with Crippen molar-refractivity contribution in [1.29, 1.82) is 5.41 Å². The van der Waals surface area contributed by atoms with Crippen LogP contribution in [-0.2, 0) is 6.54 Å². The van der Waals surface area contributed by atoms with Crippen LogP contribution in [0.5, 0.6) is 0 Å². The smallest absolute Gasteiger partial charge is 0.188 e. The molecular formula is C11H16FN3. The summed E-state index contributed by atoms with van der Waals surface area (Å²) in [5, 5.41) is 7.36. The van der Waals surface area contributed by atoms with Crippen LogP contribution in [0.25, 0.3) is 0 Å². The lowest BCUT2D eigenvalue weighted by molar-refractivity contribution is 0.361. The molecule has 1 aromatic rings. The minimum atomic E-state index is -0.376. The van der Waals surface area contributed by atoms with Gasteiger partial charge in [0.05, 0.1) is 6.67 Å². The zero-order valence-corrected chi connectivity index (χ0v) is 8.62. The van der Waals surface area contributed by atoms with E-state index in [0.29, 0.717) is 19.5 Å². The Kier molecular flexibility index (Phi) is 4.60. The predicted octanol–water partition coefficient (Wildman–Crippen LogP) is 1.74. The molecule has 0 aliphatic carbocycles. The third-order valence-corrected chi connectivity index (χ3v) is 2.12. The molecule has 3 nitrogen and oxygen atoms in total. The average molecular weight is 209 g/mol. The van der Waals surface area contributed by atoms with Crippen molar-refractivity contribution in [1.82, 2.24) is 4.90 Å². The minimum Gasteiger partial charge on any atom is -0.370 e. The molecule has 0 aromatic heterocycles. The van der Waals surface area contributed by atoms with Crippen LogP contribution in [0.4, 0.5) is 4.39 Å². The maximum atomic E-state index is 12.0. The molecule has 82 valence electrons. The van der Waals surface area contributed by atoms with Crippen molar-refractivity contribution in [3.63, 3.8) is 0 Å². The summed E-state index contributed by atoms with van der Waals surface area (Å²) >= 11 is 0. The van der Waals surface area contributed by atoms with Crippen molar-refractivity contribution in [2.45, 2.75) is 13.0 Å². The highest BCUT2D eigenvalue weighted by Crippen LogP contribution is 2.04. The Hall–Kier alpha value is -1.58. The van der Waals surface area contributed by atoms with Gasteiger partial charge in [-0.3, -0.25) is 9.80 Å². The monoisotopic (exact) mass is 209 g/mol. The summed E-state index contributed by atoms with van der Waals surface area (Å²) in [5.74, 6) is -0.00713. The summed E-state index contributed by atoms with van der Waals surface area (Å²) in [7, 11) is 0. The van der Waals surface area contributed by atoms with Gasteiger partial charge in [-0.1, -0.05) is 30.3 Å². The highest BCUT2D eigenvalue weighted by Gasteiger charge is 2.06. The fourth-order valence-electron chi connectivity index (χ4n) is 1.34. The molecule has 0 atom stereocenters. The Bertz CT molecular complexity index is 300. The van der Waals surface area contributed by atoms with Crippen LogP contribution in [-0.4, -0.2) is 24.1 Å². The summed E-state index contributed by atoms with van der Waals surface area (Å²) in [6, 6.07) is 9.73. The third kappa shape index (κ3) is 3.97. The number of nitrogens with two attached hydrogens (primary N) is 1. The van der Waals surface area contributed by atoms with E-state index in [4.69, 9.17) is 11.1 Å². The highest BCUT2D eigenvalue weighted by atomic mass is 19.1. The zero-order valence-electron chi connectivity index (χ0n) is 8.62. The number of alkyl halides is 1. The lowest BCUT2D eigenvalue weighted by Crippen LogP contribution is -2.36. The first-order valence-corrected chi connectivity index (χ1v) is 4.93. The molecule has 0 saturated carbocycles. The standard InChI is InChI=1S/C11H16FN3/c12-7-4-8-15(11(13)14)9-10-5-2-1-3-6-10/h1-3,5-6H,4,7-9H2,(H3,13,14). The Labute approximate surface area is 89.2 Å². The number of rotatable bonds is 5. The molecule has 0 aliphatic rings. The van der Waals surface area contributed by atoms with Gasteiger partial charge in [-0.2, -0.15) is 0 Å². The van der Waals surface area contributed by atoms with E-state index < -0.39 is 0 Å². The van der Waals surface area contributed by atoms with E-state index in [1.807, 2.05) is 30.3 Å². The van der Waals surface area contributed by atoms with Crippen LogP contribution in [0.2, 0.25) is 0 Å². The Morgan fingerprint density at radius 3 is 2.53 bits per heavy atom. The molecule has 0 radical (unpaired) electrons. The normalized spacial score (nSPS) is 9.93. The molecule has 0 saturated heterocycles. The Morgan fingerprint density at radius 2 is 2.00 bits per heavy atom. The second kappa shape index (κ2) is 6.01. The first-order valence-electron chi connectivity index (χ1n) is 4.93. The van der Waals surface area contributed by atoms with Crippen molar-refractivity contribution in [2.24, 2.45) is 5.73 Å². The number of hydrogen-bond donors (Lipinski definition) is 2. The molecule has 0 unspecified atom stereocenters. The molecule has 0 bridgehead atoms. The molecular weight excluding hydrogens is 193 g/mol. The lowest BCUT2D eigenvalue weighted by atomic mass is 10.2. The number of hydrogen-bond acceptors (Lipinski definition) is 1. The largest absolute Gasteiger partial charge is 0.370 e. The van der Waals surface area contributed by atoms with Crippen molar-refractivity contribution < 1.29 is 4.39 Å². The van der Waals surface area contributed by atoms with Gasteiger partial charge in [0.25, 0.3) is 0 Å². The average Bonchev–Trinajstić information content (AvgIpc) is 2.25. The lowest BCUT2D eigenvalue weighted by Gasteiger charge is -2.22.